The summed E-state index contributed by atoms with van der Waals surface area (Å²) in [6.45, 7) is 3.37. The summed E-state index contributed by atoms with van der Waals surface area (Å²) in [4.78, 5) is 22.9. The fourth-order valence-corrected chi connectivity index (χ4v) is 3.90. The van der Waals surface area contributed by atoms with Gasteiger partial charge in [-0.2, -0.15) is 0 Å². The maximum absolute atomic E-state index is 12.1. The van der Waals surface area contributed by atoms with E-state index in [9.17, 15) is 4.79 Å². The number of rotatable bonds is 10. The Balaban J connectivity index is 0.00000204. The zero-order valence-corrected chi connectivity index (χ0v) is 22.3. The number of hydrogen-bond donors (Lipinski definition) is 0. The Kier molecular flexibility index (Phi) is 12.8. The number of pyridine rings is 2. The van der Waals surface area contributed by atoms with Crippen molar-refractivity contribution in [3.63, 3.8) is 0 Å². The first-order valence-electron chi connectivity index (χ1n) is 10.9. The molecule has 4 aromatic rings. The molecule has 35 heavy (non-hydrogen) atoms. The second-order valence-corrected chi connectivity index (χ2v) is 8.00. The molecule has 0 saturated carbocycles. The molecule has 190 valence electrons. The van der Waals surface area contributed by atoms with Gasteiger partial charge in [-0.15, -0.1) is 37.2 Å². The predicted octanol–water partition coefficient (Wildman–Crippen LogP) is 4.45. The van der Waals surface area contributed by atoms with Crippen LogP contribution < -0.4 is 10.4 Å². The van der Waals surface area contributed by atoms with Crippen LogP contribution in [0.4, 0.5) is 0 Å². The van der Waals surface area contributed by atoms with E-state index in [2.05, 4.69) is 33.1 Å². The van der Waals surface area contributed by atoms with Crippen molar-refractivity contribution in [2.24, 2.45) is 14.1 Å². The Hall–Kier alpha value is -2.58. The van der Waals surface area contributed by atoms with Crippen LogP contribution in [0, 0.1) is 0 Å². The highest BCUT2D eigenvalue weighted by molar-refractivity contribution is 5.86. The first kappa shape index (κ1) is 30.5. The van der Waals surface area contributed by atoms with E-state index in [0.29, 0.717) is 6.61 Å². The molecule has 1 aromatic carbocycles. The van der Waals surface area contributed by atoms with Gasteiger partial charge < -0.3 is 4.74 Å². The van der Waals surface area contributed by atoms with E-state index in [1.807, 2.05) is 42.9 Å². The van der Waals surface area contributed by atoms with Crippen LogP contribution >= 0.6 is 37.2 Å². The molecule has 0 radical (unpaired) electrons. The van der Waals surface area contributed by atoms with Crippen LogP contribution in [-0.4, -0.2) is 43.7 Å². The van der Waals surface area contributed by atoms with Gasteiger partial charge in [-0.3, -0.25) is 24.0 Å². The zero-order chi connectivity index (χ0) is 22.3. The Morgan fingerprint density at radius 1 is 0.857 bits per heavy atom. The summed E-state index contributed by atoms with van der Waals surface area (Å²) in [6.07, 6.45) is 9.28. The van der Waals surface area contributed by atoms with Crippen molar-refractivity contribution < 1.29 is 4.74 Å². The van der Waals surface area contributed by atoms with Crippen LogP contribution in [0.5, 0.6) is 5.75 Å². The average molecular weight is 541 g/mol. The summed E-state index contributed by atoms with van der Waals surface area (Å²) in [5.41, 5.74) is 4.25. The third-order valence-corrected chi connectivity index (χ3v) is 5.73. The third-order valence-electron chi connectivity index (χ3n) is 5.73. The minimum Gasteiger partial charge on any atom is -0.493 e. The molecule has 3 heterocycles. The van der Waals surface area contributed by atoms with Gasteiger partial charge in [0, 0.05) is 64.6 Å². The van der Waals surface area contributed by atoms with Gasteiger partial charge in [-0.05, 0) is 54.3 Å². The summed E-state index contributed by atoms with van der Waals surface area (Å²) < 4.78 is 9.31. The van der Waals surface area contributed by atoms with Crippen LogP contribution in [0.1, 0.15) is 17.5 Å². The van der Waals surface area contributed by atoms with E-state index in [-0.39, 0.29) is 42.9 Å². The Morgan fingerprint density at radius 3 is 2.31 bits per heavy atom. The molecular weight excluding hydrogens is 509 g/mol. The minimum atomic E-state index is -0.0301. The molecule has 0 saturated heterocycles. The molecule has 0 amide bonds. The number of benzene rings is 1. The largest absolute Gasteiger partial charge is 0.493 e. The molecule has 0 aliphatic heterocycles. The normalized spacial score (nSPS) is 10.4. The summed E-state index contributed by atoms with van der Waals surface area (Å²) in [5.74, 6) is 0.787. The Morgan fingerprint density at radius 2 is 1.60 bits per heavy atom. The second kappa shape index (κ2) is 14.7. The van der Waals surface area contributed by atoms with Crippen molar-refractivity contribution in [3.05, 3.63) is 88.9 Å². The number of aromatic nitrogens is 4. The molecule has 7 nitrogen and oxygen atoms in total. The number of aryl methyl sites for hydroxylation is 2. The van der Waals surface area contributed by atoms with Crippen LogP contribution in [-0.2, 0) is 27.1 Å². The fraction of sp³-hybridized carbons (Fsp3) is 0.320. The number of ether oxygens (including phenoxy) is 1. The topological polar surface area (TPSA) is 65.2 Å². The van der Waals surface area contributed by atoms with Gasteiger partial charge >= 0.3 is 5.69 Å². The van der Waals surface area contributed by atoms with Crippen LogP contribution in [0.25, 0.3) is 11.0 Å². The van der Waals surface area contributed by atoms with Crippen molar-refractivity contribution in [2.45, 2.75) is 19.4 Å². The van der Waals surface area contributed by atoms with E-state index in [1.54, 1.807) is 29.4 Å². The molecule has 4 rings (SSSR count). The molecule has 0 bridgehead atoms. The first-order valence-corrected chi connectivity index (χ1v) is 10.9. The van der Waals surface area contributed by atoms with E-state index >= 15 is 0 Å². The lowest BCUT2D eigenvalue weighted by atomic mass is 10.2. The first-order chi connectivity index (χ1) is 15.6. The molecular formula is C25H32Cl3N5O2. The standard InChI is InChI=1S/C25H29N5O2.3ClH/c1-28-23-7-6-22(17-24(23)29(2)25(28)31)32-16-4-14-30(19-21-8-12-26-13-9-21)15-10-20-5-3-11-27-18-20;;;/h3,5-9,11-13,17-18H,4,10,14-16,19H2,1-2H3;3*1H. The van der Waals surface area contributed by atoms with Crippen molar-refractivity contribution in [3.8, 4) is 5.75 Å². The van der Waals surface area contributed by atoms with Gasteiger partial charge in [0.05, 0.1) is 17.6 Å². The van der Waals surface area contributed by atoms with E-state index < -0.39 is 0 Å². The second-order valence-electron chi connectivity index (χ2n) is 8.00. The molecule has 0 unspecified atom stereocenters. The van der Waals surface area contributed by atoms with Gasteiger partial charge in [0.1, 0.15) is 5.75 Å². The van der Waals surface area contributed by atoms with Crippen molar-refractivity contribution in [1.82, 2.24) is 24.0 Å². The van der Waals surface area contributed by atoms with E-state index in [1.165, 1.54) is 11.1 Å². The summed E-state index contributed by atoms with van der Waals surface area (Å²) in [5, 5.41) is 0. The Bertz CT molecular complexity index is 1220. The minimum absolute atomic E-state index is 0. The average Bonchev–Trinajstić information content (AvgIpc) is 3.05. The van der Waals surface area contributed by atoms with Gasteiger partial charge in [0.25, 0.3) is 0 Å². The number of halogens is 3. The third kappa shape index (κ3) is 7.97. The maximum Gasteiger partial charge on any atom is 0.328 e. The van der Waals surface area contributed by atoms with Gasteiger partial charge in [0.2, 0.25) is 0 Å². The quantitative estimate of drug-likeness (QED) is 0.278. The fourth-order valence-electron chi connectivity index (χ4n) is 3.90. The lowest BCUT2D eigenvalue weighted by molar-refractivity contribution is 0.230. The van der Waals surface area contributed by atoms with Crippen LogP contribution in [0.2, 0.25) is 0 Å². The molecule has 0 atom stereocenters. The zero-order valence-electron chi connectivity index (χ0n) is 19.9. The van der Waals surface area contributed by atoms with E-state index in [0.717, 1.165) is 49.3 Å². The van der Waals surface area contributed by atoms with E-state index in [4.69, 9.17) is 4.74 Å². The Labute approximate surface area is 224 Å². The monoisotopic (exact) mass is 539 g/mol. The number of hydrogen-bond acceptors (Lipinski definition) is 5. The molecule has 0 aliphatic carbocycles. The lowest BCUT2D eigenvalue weighted by Gasteiger charge is -2.22. The number of nitrogens with zero attached hydrogens (tertiary/aromatic N) is 5. The summed E-state index contributed by atoms with van der Waals surface area (Å²) in [6, 6.07) is 14.0. The molecule has 3 aromatic heterocycles. The van der Waals surface area contributed by atoms with Gasteiger partial charge in [-0.25, -0.2) is 4.79 Å². The highest BCUT2D eigenvalue weighted by Gasteiger charge is 2.10. The highest BCUT2D eigenvalue weighted by Crippen LogP contribution is 2.19. The van der Waals surface area contributed by atoms with Crippen LogP contribution in [0.3, 0.4) is 0 Å². The van der Waals surface area contributed by atoms with Crippen molar-refractivity contribution >= 4 is 48.3 Å². The van der Waals surface area contributed by atoms with Crippen LogP contribution in [0.15, 0.2) is 72.0 Å². The van der Waals surface area contributed by atoms with Crippen molar-refractivity contribution in [1.29, 1.82) is 0 Å². The van der Waals surface area contributed by atoms with Gasteiger partial charge in [0.15, 0.2) is 0 Å². The summed E-state index contributed by atoms with van der Waals surface area (Å²) in [7, 11) is 3.57. The summed E-state index contributed by atoms with van der Waals surface area (Å²) >= 11 is 0. The molecule has 10 heteroatoms. The maximum atomic E-state index is 12.1. The smallest absolute Gasteiger partial charge is 0.328 e. The molecule has 0 N–H and O–H groups in total. The number of fused-ring (bicyclic) bond motifs is 1. The molecule has 0 aliphatic rings. The molecule has 0 spiro atoms. The molecule has 0 fully saturated rings. The SMILES string of the molecule is Cl.Cl.Cl.Cn1c(=O)n(C)c2cc(OCCCN(CCc3cccnc3)Cc3ccncc3)ccc21. The number of imidazole rings is 1. The predicted molar refractivity (Wildman–Crippen MR) is 147 cm³/mol. The lowest BCUT2D eigenvalue weighted by Crippen LogP contribution is -2.28. The van der Waals surface area contributed by atoms with Gasteiger partial charge in [-0.1, -0.05) is 6.07 Å². The highest BCUT2D eigenvalue weighted by atomic mass is 35.5. The van der Waals surface area contributed by atoms with Crippen molar-refractivity contribution in [2.75, 3.05) is 19.7 Å².